The number of aliphatic hydroxyl groups is 2. The Hall–Kier alpha value is -2.70. The molecule has 0 aliphatic rings. The van der Waals surface area contributed by atoms with Gasteiger partial charge < -0.3 is 20.3 Å². The van der Waals surface area contributed by atoms with Gasteiger partial charge in [0, 0.05) is 6.42 Å². The normalized spacial score (nSPS) is 13.9. The van der Waals surface area contributed by atoms with Gasteiger partial charge in [-0.05, 0) is 77.0 Å². The fourth-order valence-electron chi connectivity index (χ4n) is 7.15. The Morgan fingerprint density at radius 1 is 0.525 bits per heavy atom. The van der Waals surface area contributed by atoms with Gasteiger partial charge in [-0.3, -0.25) is 9.59 Å². The van der Waals surface area contributed by atoms with Crippen molar-refractivity contribution in [1.29, 1.82) is 0 Å². The first-order chi connectivity index (χ1) is 29.0. The molecule has 0 aromatic carbocycles. The van der Waals surface area contributed by atoms with E-state index < -0.39 is 18.2 Å². The van der Waals surface area contributed by atoms with Crippen LogP contribution in [0, 0.1) is 0 Å². The highest BCUT2D eigenvalue weighted by molar-refractivity contribution is 5.77. The van der Waals surface area contributed by atoms with Crippen molar-refractivity contribution in [1.82, 2.24) is 5.32 Å². The SMILES string of the molecule is CC/C=C/C=C/C=C/CCCCCCCCCC(=O)OC(CCCCCC/C=C/C/C=C/C/C=C/CC)CC(=O)NC(CO)C(O)CCCCCCCCCCCCC. The summed E-state index contributed by atoms with van der Waals surface area (Å²) in [6, 6.07) is -0.713. The van der Waals surface area contributed by atoms with Gasteiger partial charge in [0.2, 0.25) is 5.91 Å². The van der Waals surface area contributed by atoms with Gasteiger partial charge >= 0.3 is 5.97 Å². The van der Waals surface area contributed by atoms with E-state index in [1.807, 2.05) is 0 Å². The summed E-state index contributed by atoms with van der Waals surface area (Å²) in [5.41, 5.74) is 0. The first kappa shape index (κ1) is 56.3. The van der Waals surface area contributed by atoms with Gasteiger partial charge in [0.15, 0.2) is 0 Å². The molecule has 0 saturated heterocycles. The summed E-state index contributed by atoms with van der Waals surface area (Å²) >= 11 is 0. The summed E-state index contributed by atoms with van der Waals surface area (Å²) in [5, 5.41) is 23.7. The second-order valence-corrected chi connectivity index (χ2v) is 16.5. The van der Waals surface area contributed by atoms with Gasteiger partial charge in [0.1, 0.15) is 6.10 Å². The predicted molar refractivity (Wildman–Crippen MR) is 255 cm³/mol. The summed E-state index contributed by atoms with van der Waals surface area (Å²) in [4.78, 5) is 26.1. The lowest BCUT2D eigenvalue weighted by molar-refractivity contribution is -0.151. The highest BCUT2D eigenvalue weighted by Crippen LogP contribution is 2.17. The number of nitrogens with one attached hydrogen (secondary N) is 1. The van der Waals surface area contributed by atoms with Crippen LogP contribution in [-0.2, 0) is 14.3 Å². The maximum atomic E-state index is 13.2. The predicted octanol–water partition coefficient (Wildman–Crippen LogP) is 14.6. The molecule has 0 bridgehead atoms. The molecule has 0 aliphatic carbocycles. The van der Waals surface area contributed by atoms with Crippen LogP contribution in [0.2, 0.25) is 0 Å². The average Bonchev–Trinajstić information content (AvgIpc) is 3.23. The molecule has 0 rings (SSSR count). The maximum absolute atomic E-state index is 13.2. The number of hydrogen-bond donors (Lipinski definition) is 3. The lowest BCUT2D eigenvalue weighted by atomic mass is 10.0. The van der Waals surface area contributed by atoms with Crippen molar-refractivity contribution in [2.45, 2.75) is 244 Å². The zero-order valence-corrected chi connectivity index (χ0v) is 38.6. The van der Waals surface area contributed by atoms with E-state index in [-0.39, 0.29) is 24.9 Å². The van der Waals surface area contributed by atoms with E-state index in [0.29, 0.717) is 19.3 Å². The Kier molecular flexibility index (Phi) is 44.2. The first-order valence-corrected chi connectivity index (χ1v) is 24.7. The summed E-state index contributed by atoms with van der Waals surface area (Å²) < 4.78 is 5.91. The van der Waals surface area contributed by atoms with Crippen LogP contribution in [0.1, 0.15) is 226 Å². The van der Waals surface area contributed by atoms with Crippen molar-refractivity contribution < 1.29 is 24.5 Å². The summed E-state index contributed by atoms with van der Waals surface area (Å²) in [7, 11) is 0. The van der Waals surface area contributed by atoms with Crippen molar-refractivity contribution in [3.63, 3.8) is 0 Å². The van der Waals surface area contributed by atoms with E-state index in [2.05, 4.69) is 99.0 Å². The lowest BCUT2D eigenvalue weighted by Crippen LogP contribution is -2.46. The molecule has 6 nitrogen and oxygen atoms in total. The fraction of sp³-hybridized carbons (Fsp3) is 0.736. The van der Waals surface area contributed by atoms with Gasteiger partial charge in [-0.1, -0.05) is 209 Å². The molecule has 6 heteroatoms. The van der Waals surface area contributed by atoms with Crippen LogP contribution in [0.5, 0.6) is 0 Å². The van der Waals surface area contributed by atoms with Gasteiger partial charge in [0.05, 0.1) is 25.2 Å². The number of aliphatic hydroxyl groups excluding tert-OH is 2. The molecule has 0 aromatic heterocycles. The number of allylic oxidation sites excluding steroid dienone is 12. The minimum absolute atomic E-state index is 0.0548. The molecule has 1 amide bonds. The smallest absolute Gasteiger partial charge is 0.306 e. The Bertz CT molecular complexity index is 1110. The second kappa shape index (κ2) is 46.4. The Labute approximate surface area is 364 Å². The minimum atomic E-state index is -0.797. The molecule has 3 atom stereocenters. The molecule has 0 fully saturated rings. The summed E-state index contributed by atoms with van der Waals surface area (Å²) in [6.45, 7) is 6.22. The number of carbonyl (C=O) groups excluding carboxylic acids is 2. The molecular weight excluding hydrogens is 731 g/mol. The van der Waals surface area contributed by atoms with Crippen LogP contribution in [-0.4, -0.2) is 46.9 Å². The number of carbonyl (C=O) groups is 2. The van der Waals surface area contributed by atoms with Crippen molar-refractivity contribution in [2.75, 3.05) is 6.61 Å². The third-order valence-electron chi connectivity index (χ3n) is 10.8. The highest BCUT2D eigenvalue weighted by Gasteiger charge is 2.24. The Morgan fingerprint density at radius 3 is 1.58 bits per heavy atom. The van der Waals surface area contributed by atoms with E-state index in [1.54, 1.807) is 0 Å². The van der Waals surface area contributed by atoms with E-state index in [1.165, 1.54) is 77.0 Å². The van der Waals surface area contributed by atoms with Crippen LogP contribution >= 0.6 is 0 Å². The Balaban J connectivity index is 4.65. The second-order valence-electron chi connectivity index (χ2n) is 16.5. The third-order valence-corrected chi connectivity index (χ3v) is 10.8. The van der Waals surface area contributed by atoms with E-state index in [0.717, 1.165) is 103 Å². The van der Waals surface area contributed by atoms with Crippen LogP contribution in [0.25, 0.3) is 0 Å². The molecular formula is C53H93NO5. The van der Waals surface area contributed by atoms with Crippen LogP contribution in [0.4, 0.5) is 0 Å². The molecule has 0 radical (unpaired) electrons. The van der Waals surface area contributed by atoms with Gasteiger partial charge in [0.25, 0.3) is 0 Å². The van der Waals surface area contributed by atoms with E-state index in [4.69, 9.17) is 4.74 Å². The average molecular weight is 824 g/mol. The van der Waals surface area contributed by atoms with Crippen molar-refractivity contribution >= 4 is 11.9 Å². The molecule has 0 heterocycles. The topological polar surface area (TPSA) is 95.9 Å². The largest absolute Gasteiger partial charge is 0.462 e. The number of amides is 1. The standard InChI is InChI=1S/C53H93NO5/c1-4-7-10-13-16-19-22-24-26-28-31-34-37-40-43-46-53(58)59-49(44-41-38-35-32-30-27-25-23-20-17-14-11-8-5-2)47-52(57)54-50(48-55)51(56)45-42-39-36-33-29-21-18-15-12-9-6-3/h7-8,10-11,13,16-17,19-20,22,25,27,49-51,55-56H,4-6,9,12,14-15,18,21,23-24,26,28-48H2,1-3H3,(H,54,57)/b10-7+,11-8+,16-13+,20-17+,22-19+,27-25+. The number of rotatable bonds is 43. The van der Waals surface area contributed by atoms with Gasteiger partial charge in [-0.25, -0.2) is 0 Å². The molecule has 3 unspecified atom stereocenters. The van der Waals surface area contributed by atoms with Crippen LogP contribution in [0.3, 0.4) is 0 Å². The lowest BCUT2D eigenvalue weighted by Gasteiger charge is -2.24. The number of hydrogen-bond acceptors (Lipinski definition) is 5. The summed E-state index contributed by atoms with van der Waals surface area (Å²) in [5.74, 6) is -0.513. The molecule has 59 heavy (non-hydrogen) atoms. The van der Waals surface area contributed by atoms with Crippen molar-refractivity contribution in [3.8, 4) is 0 Å². The molecule has 0 saturated carbocycles. The number of esters is 1. The zero-order chi connectivity index (χ0) is 43.1. The molecule has 0 aliphatic heterocycles. The van der Waals surface area contributed by atoms with Gasteiger partial charge in [-0.2, -0.15) is 0 Å². The summed E-state index contributed by atoms with van der Waals surface area (Å²) in [6.07, 6.45) is 58.1. The van der Waals surface area contributed by atoms with Crippen molar-refractivity contribution in [3.05, 3.63) is 72.9 Å². The maximum Gasteiger partial charge on any atom is 0.306 e. The quantitative estimate of drug-likeness (QED) is 0.0246. The number of unbranched alkanes of at least 4 members (excludes halogenated alkanes) is 21. The van der Waals surface area contributed by atoms with Crippen LogP contribution in [0.15, 0.2) is 72.9 Å². The first-order valence-electron chi connectivity index (χ1n) is 24.7. The van der Waals surface area contributed by atoms with E-state index in [9.17, 15) is 19.8 Å². The van der Waals surface area contributed by atoms with Crippen LogP contribution < -0.4 is 5.32 Å². The fourth-order valence-corrected chi connectivity index (χ4v) is 7.15. The molecule has 3 N–H and O–H groups in total. The number of ether oxygens (including phenoxy) is 1. The molecule has 340 valence electrons. The van der Waals surface area contributed by atoms with E-state index >= 15 is 0 Å². The van der Waals surface area contributed by atoms with Crippen molar-refractivity contribution in [2.24, 2.45) is 0 Å². The highest BCUT2D eigenvalue weighted by atomic mass is 16.5. The third kappa shape index (κ3) is 41.8. The molecule has 0 aromatic rings. The van der Waals surface area contributed by atoms with Gasteiger partial charge in [-0.15, -0.1) is 0 Å². The minimum Gasteiger partial charge on any atom is -0.462 e. The Morgan fingerprint density at radius 2 is 1.00 bits per heavy atom. The zero-order valence-electron chi connectivity index (χ0n) is 38.6. The molecule has 0 spiro atoms. The monoisotopic (exact) mass is 824 g/mol.